The van der Waals surface area contributed by atoms with E-state index >= 15 is 0 Å². The van der Waals surface area contributed by atoms with Gasteiger partial charge in [0, 0.05) is 17.6 Å². The van der Waals surface area contributed by atoms with Crippen molar-refractivity contribution in [2.45, 2.75) is 0 Å². The molecule has 1 fully saturated rings. The highest BCUT2D eigenvalue weighted by molar-refractivity contribution is 9.10. The predicted molar refractivity (Wildman–Crippen MR) is 112 cm³/mol. The van der Waals surface area contributed by atoms with Crippen LogP contribution in [0.5, 0.6) is 5.75 Å². The Kier molecular flexibility index (Phi) is 6.53. The van der Waals surface area contributed by atoms with Gasteiger partial charge < -0.3 is 10.1 Å². The fourth-order valence-corrected chi connectivity index (χ4v) is 3.87. The maximum Gasteiger partial charge on any atom is 0.293 e. The summed E-state index contributed by atoms with van der Waals surface area (Å²) in [6.45, 7) is 0.253. The fourth-order valence-electron chi connectivity index (χ4n) is 2.58. The lowest BCUT2D eigenvalue weighted by Crippen LogP contribution is -2.37. The number of rotatable bonds is 6. The number of imide groups is 1. The van der Waals surface area contributed by atoms with Gasteiger partial charge in [-0.2, -0.15) is 0 Å². The zero-order valence-corrected chi connectivity index (χ0v) is 17.4. The molecule has 0 bridgehead atoms. The van der Waals surface area contributed by atoms with Crippen LogP contribution in [0, 0.1) is 0 Å². The number of hydrogen-bond acceptors (Lipinski definition) is 5. The number of ether oxygens (including phenoxy) is 1. The second-order valence-corrected chi connectivity index (χ2v) is 7.69. The summed E-state index contributed by atoms with van der Waals surface area (Å²) in [5, 5.41) is 2.38. The molecule has 8 heteroatoms. The highest BCUT2D eigenvalue weighted by Crippen LogP contribution is 2.31. The summed E-state index contributed by atoms with van der Waals surface area (Å²) < 4.78 is 5.75. The first kappa shape index (κ1) is 20.2. The molecule has 0 aromatic heterocycles. The minimum atomic E-state index is -0.351. The molecule has 3 rings (SSSR count). The van der Waals surface area contributed by atoms with Crippen LogP contribution in [-0.2, 0) is 4.79 Å². The third-order valence-electron chi connectivity index (χ3n) is 4.01. The summed E-state index contributed by atoms with van der Waals surface area (Å²) in [6, 6.07) is 14.4. The standard InChI is InChI=1S/C20H17BrN2O4S/c1-27-14-7-8-16(21)15(12-14)18(24)22-9-10-23-19(25)17(28-20(23)26)11-13-5-3-2-4-6-13/h2-8,11-12H,9-10H2,1H3,(H,22,24)/b17-11+. The molecule has 6 nitrogen and oxygen atoms in total. The van der Waals surface area contributed by atoms with E-state index < -0.39 is 0 Å². The molecule has 1 aliphatic rings. The molecule has 3 amide bonds. The number of methoxy groups -OCH3 is 1. The summed E-state index contributed by atoms with van der Waals surface area (Å²) in [5.74, 6) is -0.112. The van der Waals surface area contributed by atoms with Gasteiger partial charge >= 0.3 is 0 Å². The smallest absolute Gasteiger partial charge is 0.293 e. The Hall–Kier alpha value is -2.58. The van der Waals surface area contributed by atoms with Crippen molar-refractivity contribution in [2.75, 3.05) is 20.2 Å². The number of nitrogens with zero attached hydrogens (tertiary/aromatic N) is 1. The Morgan fingerprint density at radius 1 is 1.21 bits per heavy atom. The summed E-state index contributed by atoms with van der Waals surface area (Å²) in [5.41, 5.74) is 1.27. The Balaban J connectivity index is 1.60. The molecule has 0 atom stereocenters. The van der Waals surface area contributed by atoms with Gasteiger partial charge in [-0.15, -0.1) is 0 Å². The van der Waals surface area contributed by atoms with Crippen LogP contribution in [0.1, 0.15) is 15.9 Å². The number of halogens is 1. The lowest BCUT2D eigenvalue weighted by Gasteiger charge is -2.13. The highest BCUT2D eigenvalue weighted by atomic mass is 79.9. The van der Waals surface area contributed by atoms with Crippen LogP contribution >= 0.6 is 27.7 Å². The normalized spacial score (nSPS) is 15.2. The molecule has 1 aliphatic heterocycles. The number of thioether (sulfide) groups is 1. The summed E-state index contributed by atoms with van der Waals surface area (Å²) in [7, 11) is 1.52. The molecule has 1 heterocycles. The number of carbonyl (C=O) groups is 3. The van der Waals surface area contributed by atoms with E-state index in [1.54, 1.807) is 24.3 Å². The topological polar surface area (TPSA) is 75.7 Å². The van der Waals surface area contributed by atoms with Crippen molar-refractivity contribution in [3.8, 4) is 5.75 Å². The van der Waals surface area contributed by atoms with Gasteiger partial charge in [0.05, 0.1) is 17.6 Å². The lowest BCUT2D eigenvalue weighted by atomic mass is 10.2. The van der Waals surface area contributed by atoms with E-state index in [4.69, 9.17) is 4.74 Å². The maximum absolute atomic E-state index is 12.5. The van der Waals surface area contributed by atoms with E-state index in [1.165, 1.54) is 7.11 Å². The molecule has 2 aromatic carbocycles. The van der Waals surface area contributed by atoms with Gasteiger partial charge in [0.15, 0.2) is 0 Å². The average molecular weight is 461 g/mol. The summed E-state index contributed by atoms with van der Waals surface area (Å²) >= 11 is 4.23. The van der Waals surface area contributed by atoms with E-state index in [-0.39, 0.29) is 30.1 Å². The van der Waals surface area contributed by atoms with Crippen molar-refractivity contribution < 1.29 is 19.1 Å². The van der Waals surface area contributed by atoms with Gasteiger partial charge in [0.1, 0.15) is 5.75 Å². The number of nitrogens with one attached hydrogen (secondary N) is 1. The van der Waals surface area contributed by atoms with Gasteiger partial charge in [0.2, 0.25) is 0 Å². The third kappa shape index (κ3) is 4.63. The fraction of sp³-hybridized carbons (Fsp3) is 0.150. The predicted octanol–water partition coefficient (Wildman–Crippen LogP) is 3.92. The minimum Gasteiger partial charge on any atom is -0.497 e. The Bertz CT molecular complexity index is 946. The molecular formula is C20H17BrN2O4S. The molecule has 1 N–H and O–H groups in total. The molecule has 2 aromatic rings. The molecule has 28 heavy (non-hydrogen) atoms. The molecule has 0 unspecified atom stereocenters. The molecule has 0 aliphatic carbocycles. The minimum absolute atomic E-state index is 0.101. The zero-order valence-electron chi connectivity index (χ0n) is 15.0. The quantitative estimate of drug-likeness (QED) is 0.660. The molecule has 144 valence electrons. The highest BCUT2D eigenvalue weighted by Gasteiger charge is 2.34. The van der Waals surface area contributed by atoms with Crippen molar-refractivity contribution in [1.29, 1.82) is 0 Å². The summed E-state index contributed by atoms with van der Waals surface area (Å²) in [6.07, 6.45) is 1.69. The number of benzene rings is 2. The van der Waals surface area contributed by atoms with Crippen LogP contribution in [0.3, 0.4) is 0 Å². The molecule has 0 saturated carbocycles. The van der Waals surface area contributed by atoms with Crippen molar-refractivity contribution in [3.63, 3.8) is 0 Å². The van der Waals surface area contributed by atoms with Crippen LogP contribution in [0.25, 0.3) is 6.08 Å². The van der Waals surface area contributed by atoms with Gasteiger partial charge in [-0.1, -0.05) is 30.3 Å². The molecule has 0 spiro atoms. The Labute approximate surface area is 175 Å². The SMILES string of the molecule is COc1ccc(Br)c(C(=O)NCCN2C(=O)S/C(=C/c3ccccc3)C2=O)c1. The Morgan fingerprint density at radius 2 is 1.96 bits per heavy atom. The van der Waals surface area contributed by atoms with Gasteiger partial charge in [0.25, 0.3) is 17.1 Å². The summed E-state index contributed by atoms with van der Waals surface area (Å²) in [4.78, 5) is 38.5. The van der Waals surface area contributed by atoms with Crippen LogP contribution in [-0.4, -0.2) is 42.2 Å². The molecule has 1 saturated heterocycles. The largest absolute Gasteiger partial charge is 0.497 e. The zero-order chi connectivity index (χ0) is 20.1. The second-order valence-electron chi connectivity index (χ2n) is 5.85. The first-order valence-corrected chi connectivity index (χ1v) is 10.0. The number of carbonyl (C=O) groups excluding carboxylic acids is 3. The van der Waals surface area contributed by atoms with E-state index in [2.05, 4.69) is 21.2 Å². The van der Waals surface area contributed by atoms with Crippen molar-refractivity contribution in [1.82, 2.24) is 10.2 Å². The van der Waals surface area contributed by atoms with Crippen molar-refractivity contribution >= 4 is 50.8 Å². The van der Waals surface area contributed by atoms with Crippen molar-refractivity contribution in [2.24, 2.45) is 0 Å². The van der Waals surface area contributed by atoms with Gasteiger partial charge in [-0.05, 0) is 57.5 Å². The van der Waals surface area contributed by atoms with E-state index in [0.29, 0.717) is 20.7 Å². The first-order chi connectivity index (χ1) is 13.5. The van der Waals surface area contributed by atoms with Gasteiger partial charge in [-0.25, -0.2) is 0 Å². The van der Waals surface area contributed by atoms with Crippen LogP contribution in [0.15, 0.2) is 57.9 Å². The Morgan fingerprint density at radius 3 is 2.68 bits per heavy atom. The van der Waals surface area contributed by atoms with Crippen LogP contribution in [0.4, 0.5) is 4.79 Å². The van der Waals surface area contributed by atoms with Gasteiger partial charge in [-0.3, -0.25) is 19.3 Å². The van der Waals surface area contributed by atoms with E-state index in [1.807, 2.05) is 30.3 Å². The van der Waals surface area contributed by atoms with Crippen LogP contribution in [0.2, 0.25) is 0 Å². The van der Waals surface area contributed by atoms with Crippen LogP contribution < -0.4 is 10.1 Å². The van der Waals surface area contributed by atoms with E-state index in [0.717, 1.165) is 22.2 Å². The van der Waals surface area contributed by atoms with E-state index in [9.17, 15) is 14.4 Å². The second kappa shape index (κ2) is 9.07. The number of hydrogen-bond donors (Lipinski definition) is 1. The molecular weight excluding hydrogens is 444 g/mol. The number of amides is 3. The average Bonchev–Trinajstić information content (AvgIpc) is 2.96. The lowest BCUT2D eigenvalue weighted by molar-refractivity contribution is -0.122. The maximum atomic E-state index is 12.5. The first-order valence-electron chi connectivity index (χ1n) is 8.42. The third-order valence-corrected chi connectivity index (χ3v) is 5.61. The molecule has 0 radical (unpaired) electrons. The monoisotopic (exact) mass is 460 g/mol. The van der Waals surface area contributed by atoms with Crippen molar-refractivity contribution in [3.05, 3.63) is 69.0 Å².